The van der Waals surface area contributed by atoms with Gasteiger partial charge in [-0.2, -0.15) is 0 Å². The maximum atomic E-state index is 12.4. The summed E-state index contributed by atoms with van der Waals surface area (Å²) in [7, 11) is 0. The fraction of sp³-hybridized carbons (Fsp3) is 0.964. The number of carbonyl (C=O) groups excluding carboxylic acids is 1. The molecule has 5 rings (SSSR count). The zero-order chi connectivity index (χ0) is 25.3. The van der Waals surface area contributed by atoms with E-state index in [4.69, 9.17) is 18.9 Å². The number of rotatable bonds is 5. The molecule has 0 aromatic carbocycles. The predicted molar refractivity (Wildman–Crippen MR) is 129 cm³/mol. The van der Waals surface area contributed by atoms with Crippen LogP contribution < -0.4 is 0 Å². The lowest BCUT2D eigenvalue weighted by atomic mass is 9.43. The third-order valence-corrected chi connectivity index (χ3v) is 11.2. The van der Waals surface area contributed by atoms with Crippen molar-refractivity contribution in [1.29, 1.82) is 0 Å². The first-order chi connectivity index (χ1) is 16.4. The van der Waals surface area contributed by atoms with E-state index in [2.05, 4.69) is 13.8 Å². The van der Waals surface area contributed by atoms with Crippen LogP contribution in [0.1, 0.15) is 92.4 Å². The van der Waals surface area contributed by atoms with Crippen LogP contribution in [0.2, 0.25) is 0 Å². The number of hydrogen-bond acceptors (Lipinski definition) is 7. The smallest absolute Gasteiger partial charge is 0.302 e. The highest BCUT2D eigenvalue weighted by Gasteiger charge is 2.72. The first kappa shape index (κ1) is 25.9. The Morgan fingerprint density at radius 1 is 1.09 bits per heavy atom. The monoisotopic (exact) mass is 494 g/mol. The molecule has 1 aliphatic heterocycles. The molecule has 1 spiro atoms. The standard InChI is InChI=1S/C28H46O7/c1-6-13-32-26(5,30)28(31)10-9-21-20-8-7-19-16-27(33-14-15-34-27)12-11-24(19,3)23(20)22(35-18(2)29)17-25(21,28)4/h19-23,30-31H,6-17H2,1-5H3/t19?,20-,21-,22-,23+,24-,25-,26?,28+/m0/s1. The quantitative estimate of drug-likeness (QED) is 0.437. The molecule has 4 saturated carbocycles. The molecule has 0 radical (unpaired) electrons. The van der Waals surface area contributed by atoms with Gasteiger partial charge in [-0.3, -0.25) is 4.79 Å². The topological polar surface area (TPSA) is 94.5 Å². The van der Waals surface area contributed by atoms with Crippen LogP contribution >= 0.6 is 0 Å². The summed E-state index contributed by atoms with van der Waals surface area (Å²) in [6.45, 7) is 11.3. The Kier molecular flexibility index (Phi) is 6.40. The number of fused-ring (bicyclic) bond motifs is 5. The van der Waals surface area contributed by atoms with E-state index in [0.717, 1.165) is 44.9 Å². The Labute approximate surface area is 210 Å². The fourth-order valence-electron chi connectivity index (χ4n) is 9.56. The third-order valence-electron chi connectivity index (χ3n) is 11.2. The first-order valence-electron chi connectivity index (χ1n) is 14.0. The molecule has 4 aliphatic carbocycles. The van der Waals surface area contributed by atoms with Gasteiger partial charge in [-0.1, -0.05) is 20.8 Å². The lowest BCUT2D eigenvalue weighted by Crippen LogP contribution is -2.67. The van der Waals surface area contributed by atoms with Crippen LogP contribution in [0.15, 0.2) is 0 Å². The van der Waals surface area contributed by atoms with Crippen LogP contribution in [0.5, 0.6) is 0 Å². The molecular weight excluding hydrogens is 448 g/mol. The van der Waals surface area contributed by atoms with Gasteiger partial charge in [0.2, 0.25) is 0 Å². The van der Waals surface area contributed by atoms with Crippen molar-refractivity contribution >= 4 is 5.97 Å². The van der Waals surface area contributed by atoms with Gasteiger partial charge in [0.15, 0.2) is 11.6 Å². The predicted octanol–water partition coefficient (Wildman–Crippen LogP) is 4.18. The van der Waals surface area contributed by atoms with Gasteiger partial charge >= 0.3 is 5.97 Å². The Morgan fingerprint density at radius 2 is 1.80 bits per heavy atom. The highest BCUT2D eigenvalue weighted by Crippen LogP contribution is 2.70. The summed E-state index contributed by atoms with van der Waals surface area (Å²) >= 11 is 0. The van der Waals surface area contributed by atoms with Gasteiger partial charge in [0.1, 0.15) is 11.7 Å². The molecule has 1 saturated heterocycles. The van der Waals surface area contributed by atoms with Crippen molar-refractivity contribution in [1.82, 2.24) is 0 Å². The van der Waals surface area contributed by atoms with Crippen molar-refractivity contribution in [2.45, 2.75) is 116 Å². The average Bonchev–Trinajstić information content (AvgIpc) is 3.35. The SMILES string of the molecule is CCCOC(C)(O)[C@@]1(O)CC[C@H]2[C@@H]3CCC4CC5(CC[C@]4(C)[C@H]3[C@@H](OC(C)=O)C[C@@]21C)OCCO5. The maximum Gasteiger partial charge on any atom is 0.302 e. The van der Waals surface area contributed by atoms with Crippen LogP contribution in [0.4, 0.5) is 0 Å². The minimum atomic E-state index is -1.66. The van der Waals surface area contributed by atoms with Crippen molar-refractivity contribution in [2.75, 3.05) is 19.8 Å². The Morgan fingerprint density at radius 3 is 2.46 bits per heavy atom. The Balaban J connectivity index is 1.49. The van der Waals surface area contributed by atoms with E-state index in [1.165, 1.54) is 6.92 Å². The van der Waals surface area contributed by atoms with Crippen LogP contribution in [-0.2, 0) is 23.7 Å². The van der Waals surface area contributed by atoms with Crippen molar-refractivity contribution in [3.8, 4) is 0 Å². The molecule has 0 aromatic rings. The summed E-state index contributed by atoms with van der Waals surface area (Å²) in [6, 6.07) is 0. The van der Waals surface area contributed by atoms with E-state index in [1.54, 1.807) is 6.92 Å². The van der Waals surface area contributed by atoms with Gasteiger partial charge in [0.05, 0.1) is 13.2 Å². The number of ether oxygens (including phenoxy) is 4. The van der Waals surface area contributed by atoms with E-state index >= 15 is 0 Å². The molecule has 7 heteroatoms. The second-order valence-electron chi connectivity index (χ2n) is 12.9. The van der Waals surface area contributed by atoms with Gasteiger partial charge < -0.3 is 29.2 Å². The highest BCUT2D eigenvalue weighted by molar-refractivity contribution is 5.66. The molecular formula is C28H46O7. The zero-order valence-corrected chi connectivity index (χ0v) is 22.3. The van der Waals surface area contributed by atoms with Crippen LogP contribution in [0.3, 0.4) is 0 Å². The molecule has 7 nitrogen and oxygen atoms in total. The van der Waals surface area contributed by atoms with Crippen LogP contribution in [0.25, 0.3) is 0 Å². The Hall–Kier alpha value is -0.730. The second kappa shape index (κ2) is 8.65. The molecule has 35 heavy (non-hydrogen) atoms. The van der Waals surface area contributed by atoms with Gasteiger partial charge in [-0.25, -0.2) is 0 Å². The number of carbonyl (C=O) groups is 1. The zero-order valence-electron chi connectivity index (χ0n) is 22.3. The molecule has 5 aliphatic rings. The average molecular weight is 495 g/mol. The first-order valence-corrected chi connectivity index (χ1v) is 14.0. The molecule has 0 aromatic heterocycles. The Bertz CT molecular complexity index is 822. The van der Waals surface area contributed by atoms with Crippen molar-refractivity contribution < 1.29 is 34.0 Å². The third kappa shape index (κ3) is 3.74. The fourth-order valence-corrected chi connectivity index (χ4v) is 9.56. The van der Waals surface area contributed by atoms with E-state index < -0.39 is 22.6 Å². The van der Waals surface area contributed by atoms with Crippen molar-refractivity contribution in [3.63, 3.8) is 0 Å². The molecule has 0 bridgehead atoms. The lowest BCUT2D eigenvalue weighted by Gasteiger charge is -2.64. The van der Waals surface area contributed by atoms with Crippen LogP contribution in [0, 0.1) is 34.5 Å². The van der Waals surface area contributed by atoms with Gasteiger partial charge in [0, 0.05) is 37.7 Å². The van der Waals surface area contributed by atoms with E-state index in [1.807, 2.05) is 6.92 Å². The van der Waals surface area contributed by atoms with Gasteiger partial charge in [-0.05, 0) is 75.0 Å². The van der Waals surface area contributed by atoms with Crippen molar-refractivity contribution in [3.05, 3.63) is 0 Å². The number of aliphatic hydroxyl groups is 2. The molecule has 5 fully saturated rings. The van der Waals surface area contributed by atoms with E-state index in [9.17, 15) is 15.0 Å². The molecule has 0 amide bonds. The molecule has 200 valence electrons. The number of esters is 1. The molecule has 1 heterocycles. The maximum absolute atomic E-state index is 12.4. The largest absolute Gasteiger partial charge is 0.462 e. The summed E-state index contributed by atoms with van der Waals surface area (Å²) in [4.78, 5) is 12.4. The molecule has 2 N–H and O–H groups in total. The number of hydrogen-bond donors (Lipinski definition) is 2. The summed E-state index contributed by atoms with van der Waals surface area (Å²) in [6.07, 6.45) is 7.25. The normalized spacial score (nSPS) is 48.0. The summed E-state index contributed by atoms with van der Waals surface area (Å²) < 4.78 is 24.2. The van der Waals surface area contributed by atoms with Gasteiger partial charge in [-0.15, -0.1) is 0 Å². The van der Waals surface area contributed by atoms with Gasteiger partial charge in [0.25, 0.3) is 0 Å². The lowest BCUT2D eigenvalue weighted by molar-refractivity contribution is -0.330. The van der Waals surface area contributed by atoms with E-state index in [0.29, 0.717) is 44.5 Å². The molecule has 2 unspecified atom stereocenters. The van der Waals surface area contributed by atoms with E-state index in [-0.39, 0.29) is 29.3 Å². The summed E-state index contributed by atoms with van der Waals surface area (Å²) in [5, 5.41) is 23.6. The highest BCUT2D eigenvalue weighted by atomic mass is 16.7. The second-order valence-corrected chi connectivity index (χ2v) is 12.9. The van der Waals surface area contributed by atoms with Crippen LogP contribution in [-0.4, -0.2) is 59.3 Å². The summed E-state index contributed by atoms with van der Waals surface area (Å²) in [5.41, 5.74) is -1.99. The summed E-state index contributed by atoms with van der Waals surface area (Å²) in [5.74, 6) is -1.11. The van der Waals surface area contributed by atoms with Crippen molar-refractivity contribution in [2.24, 2.45) is 34.5 Å². The minimum Gasteiger partial charge on any atom is -0.462 e. The molecule has 9 atom stereocenters. The minimum absolute atomic E-state index is 0.0207.